The summed E-state index contributed by atoms with van der Waals surface area (Å²) in [5.41, 5.74) is 1.63. The summed E-state index contributed by atoms with van der Waals surface area (Å²) in [6, 6.07) is 7.95. The molecular weight excluding hydrogens is 540 g/mol. The van der Waals surface area contributed by atoms with Crippen molar-refractivity contribution in [3.63, 3.8) is 0 Å². The van der Waals surface area contributed by atoms with Gasteiger partial charge in [-0.15, -0.1) is 5.06 Å². The van der Waals surface area contributed by atoms with Gasteiger partial charge in [-0.05, 0) is 55.7 Å². The molecule has 2 aliphatic rings. The van der Waals surface area contributed by atoms with Gasteiger partial charge >= 0.3 is 12.0 Å². The number of benzene rings is 1. The minimum Gasteiger partial charge on any atom is -0.368 e. The molecule has 0 atom stereocenters. The van der Waals surface area contributed by atoms with Crippen LogP contribution in [-0.2, 0) is 16.2 Å². The minimum absolute atomic E-state index is 0.0430. The molecule has 3 amide bonds. The van der Waals surface area contributed by atoms with Crippen molar-refractivity contribution in [2.45, 2.75) is 136 Å². The molecule has 1 saturated heterocycles. The zero-order chi connectivity index (χ0) is 30.7. The molecule has 1 aromatic carbocycles. The fourth-order valence-corrected chi connectivity index (χ4v) is 6.32. The second kappa shape index (κ2) is 20.4. The standard InChI is InChI=1S/C35H58N4O4/c1-3-4-5-6-7-8-9-10-11-15-24-36-34(41)32-20-18-30(19-21-32)27-39(43-29(2)40)28-31-22-25-38(26-23-31)35(42)37-33-16-13-12-14-17-33/h18-21,31,33H,3-17,22-28H2,1-2H3,(H,36,41)(H,37,42). The second-order valence-electron chi connectivity index (χ2n) is 12.8. The third-order valence-electron chi connectivity index (χ3n) is 8.94. The van der Waals surface area contributed by atoms with Crippen LogP contribution in [0.3, 0.4) is 0 Å². The number of unbranched alkanes of at least 4 members (excludes halogenated alkanes) is 9. The molecular formula is C35H58N4O4. The number of carbonyl (C=O) groups excluding carboxylic acids is 3. The van der Waals surface area contributed by atoms with Crippen LogP contribution in [-0.4, -0.2) is 60.1 Å². The van der Waals surface area contributed by atoms with Crippen LogP contribution < -0.4 is 10.6 Å². The highest BCUT2D eigenvalue weighted by Crippen LogP contribution is 2.22. The summed E-state index contributed by atoms with van der Waals surface area (Å²) in [5.74, 6) is -0.0419. The molecule has 0 bridgehead atoms. The summed E-state index contributed by atoms with van der Waals surface area (Å²) in [7, 11) is 0. The normalized spacial score (nSPS) is 16.3. The molecule has 1 heterocycles. The molecule has 0 radical (unpaired) electrons. The lowest BCUT2D eigenvalue weighted by Gasteiger charge is -2.35. The zero-order valence-electron chi connectivity index (χ0n) is 27.0. The molecule has 242 valence electrons. The fourth-order valence-electron chi connectivity index (χ4n) is 6.32. The predicted octanol–water partition coefficient (Wildman–Crippen LogP) is 7.37. The molecule has 0 unspecified atom stereocenters. The van der Waals surface area contributed by atoms with Crippen LogP contribution in [0.2, 0.25) is 0 Å². The quantitative estimate of drug-likeness (QED) is 0.136. The summed E-state index contributed by atoms with van der Waals surface area (Å²) in [4.78, 5) is 44.6. The first-order valence-electron chi connectivity index (χ1n) is 17.3. The number of hydrogen-bond donors (Lipinski definition) is 2. The number of nitrogens with one attached hydrogen (secondary N) is 2. The number of likely N-dealkylation sites (tertiary alicyclic amines) is 1. The lowest BCUT2D eigenvalue weighted by Crippen LogP contribution is -2.49. The number of hydroxylamine groups is 2. The predicted molar refractivity (Wildman–Crippen MR) is 172 cm³/mol. The van der Waals surface area contributed by atoms with E-state index in [2.05, 4.69) is 17.6 Å². The third-order valence-corrected chi connectivity index (χ3v) is 8.94. The van der Waals surface area contributed by atoms with Gasteiger partial charge in [0.05, 0.1) is 6.54 Å². The first kappa shape index (κ1) is 34.9. The van der Waals surface area contributed by atoms with Crippen molar-refractivity contribution < 1.29 is 19.2 Å². The highest BCUT2D eigenvalue weighted by molar-refractivity contribution is 5.94. The van der Waals surface area contributed by atoms with Gasteiger partial charge in [-0.2, -0.15) is 0 Å². The van der Waals surface area contributed by atoms with E-state index in [1.807, 2.05) is 29.2 Å². The van der Waals surface area contributed by atoms with E-state index in [9.17, 15) is 14.4 Å². The molecule has 8 heteroatoms. The second-order valence-corrected chi connectivity index (χ2v) is 12.8. The summed E-state index contributed by atoms with van der Waals surface area (Å²) in [6.07, 6.45) is 20.4. The van der Waals surface area contributed by atoms with E-state index in [0.717, 1.165) is 57.2 Å². The van der Waals surface area contributed by atoms with E-state index in [-0.39, 0.29) is 17.9 Å². The van der Waals surface area contributed by atoms with Crippen molar-refractivity contribution in [3.8, 4) is 0 Å². The largest absolute Gasteiger partial charge is 0.368 e. The number of nitrogens with zero attached hydrogens (tertiary/aromatic N) is 2. The van der Waals surface area contributed by atoms with Gasteiger partial charge in [-0.3, -0.25) is 9.59 Å². The van der Waals surface area contributed by atoms with Crippen molar-refractivity contribution >= 4 is 17.9 Å². The molecule has 2 N–H and O–H groups in total. The highest BCUT2D eigenvalue weighted by atomic mass is 16.7. The first-order valence-corrected chi connectivity index (χ1v) is 17.3. The lowest BCUT2D eigenvalue weighted by atomic mass is 9.95. The first-order chi connectivity index (χ1) is 20.9. The van der Waals surface area contributed by atoms with Crippen LogP contribution in [0.25, 0.3) is 0 Å². The van der Waals surface area contributed by atoms with Crippen LogP contribution in [0.4, 0.5) is 4.79 Å². The molecule has 3 rings (SSSR count). The van der Waals surface area contributed by atoms with E-state index in [4.69, 9.17) is 4.84 Å². The Morgan fingerprint density at radius 3 is 2.05 bits per heavy atom. The molecule has 2 fully saturated rings. The number of rotatable bonds is 18. The average Bonchev–Trinajstić information content (AvgIpc) is 3.00. The number of piperidine rings is 1. The average molecular weight is 599 g/mol. The highest BCUT2D eigenvalue weighted by Gasteiger charge is 2.27. The fraction of sp³-hybridized carbons (Fsp3) is 0.743. The van der Waals surface area contributed by atoms with Gasteiger partial charge in [0.2, 0.25) is 0 Å². The molecule has 43 heavy (non-hydrogen) atoms. The molecule has 1 saturated carbocycles. The Kier molecular flexibility index (Phi) is 16.5. The summed E-state index contributed by atoms with van der Waals surface area (Å²) in [5, 5.41) is 8.00. The van der Waals surface area contributed by atoms with Crippen LogP contribution >= 0.6 is 0 Å². The minimum atomic E-state index is -0.340. The molecule has 8 nitrogen and oxygen atoms in total. The Morgan fingerprint density at radius 2 is 1.44 bits per heavy atom. The molecule has 0 aromatic heterocycles. The van der Waals surface area contributed by atoms with Crippen molar-refractivity contribution in [2.24, 2.45) is 5.92 Å². The van der Waals surface area contributed by atoms with Gasteiger partial charge in [0.15, 0.2) is 0 Å². The number of carbonyl (C=O) groups is 3. The van der Waals surface area contributed by atoms with Crippen molar-refractivity contribution in [2.75, 3.05) is 26.2 Å². The van der Waals surface area contributed by atoms with Gasteiger partial charge in [-0.25, -0.2) is 4.79 Å². The smallest absolute Gasteiger partial charge is 0.322 e. The Labute approximate surface area is 260 Å². The van der Waals surface area contributed by atoms with E-state index in [0.29, 0.717) is 37.2 Å². The maximum absolute atomic E-state index is 12.7. The SMILES string of the molecule is CCCCCCCCCCCCNC(=O)c1ccc(CN(CC2CCN(C(=O)NC3CCCCC3)CC2)OC(C)=O)cc1. The van der Waals surface area contributed by atoms with E-state index in [1.165, 1.54) is 77.6 Å². The maximum Gasteiger partial charge on any atom is 0.322 e. The van der Waals surface area contributed by atoms with E-state index in [1.54, 1.807) is 5.06 Å². The van der Waals surface area contributed by atoms with Gasteiger partial charge in [0.1, 0.15) is 0 Å². The lowest BCUT2D eigenvalue weighted by molar-refractivity contribution is -0.194. The van der Waals surface area contributed by atoms with Crippen molar-refractivity contribution in [3.05, 3.63) is 35.4 Å². The number of hydrogen-bond acceptors (Lipinski definition) is 5. The Hall–Kier alpha value is -2.61. The topological polar surface area (TPSA) is 91.0 Å². The molecule has 1 aliphatic carbocycles. The summed E-state index contributed by atoms with van der Waals surface area (Å²) >= 11 is 0. The van der Waals surface area contributed by atoms with Gasteiger partial charge in [-0.1, -0.05) is 96.1 Å². The van der Waals surface area contributed by atoms with Gasteiger partial charge in [0, 0.05) is 44.7 Å². The zero-order valence-corrected chi connectivity index (χ0v) is 27.0. The van der Waals surface area contributed by atoms with Crippen molar-refractivity contribution in [1.82, 2.24) is 20.6 Å². The van der Waals surface area contributed by atoms with Gasteiger partial charge in [0.25, 0.3) is 5.91 Å². The Morgan fingerprint density at radius 1 is 0.837 bits per heavy atom. The van der Waals surface area contributed by atoms with Crippen LogP contribution in [0.15, 0.2) is 24.3 Å². The Balaban J connectivity index is 1.33. The van der Waals surface area contributed by atoms with Crippen LogP contribution in [0, 0.1) is 5.92 Å². The summed E-state index contributed by atoms with van der Waals surface area (Å²) in [6.45, 7) is 6.91. The molecule has 1 aromatic rings. The van der Waals surface area contributed by atoms with E-state index >= 15 is 0 Å². The third kappa shape index (κ3) is 14.1. The van der Waals surface area contributed by atoms with E-state index < -0.39 is 0 Å². The summed E-state index contributed by atoms with van der Waals surface area (Å²) < 4.78 is 0. The van der Waals surface area contributed by atoms with Gasteiger partial charge < -0.3 is 20.4 Å². The maximum atomic E-state index is 12.7. The van der Waals surface area contributed by atoms with Crippen LogP contribution in [0.5, 0.6) is 0 Å². The molecule has 0 spiro atoms. The monoisotopic (exact) mass is 598 g/mol. The molecule has 1 aliphatic heterocycles. The van der Waals surface area contributed by atoms with Crippen molar-refractivity contribution in [1.29, 1.82) is 0 Å². The number of urea groups is 1. The Bertz CT molecular complexity index is 940. The number of amides is 3. The van der Waals surface area contributed by atoms with Crippen LogP contribution in [0.1, 0.15) is 139 Å².